The monoisotopic (exact) mass is 407 g/mol. The molecule has 0 N–H and O–H groups in total. The van der Waals surface area contributed by atoms with Crippen molar-refractivity contribution in [3.8, 4) is 16.9 Å². The van der Waals surface area contributed by atoms with Crippen LogP contribution in [0.1, 0.15) is 31.9 Å². The van der Waals surface area contributed by atoms with Crippen molar-refractivity contribution in [1.29, 1.82) is 0 Å². The Bertz CT molecular complexity index is 861. The lowest BCUT2D eigenvalue weighted by molar-refractivity contribution is 0.628. The second kappa shape index (κ2) is 7.03. The summed E-state index contributed by atoms with van der Waals surface area (Å²) in [6, 6.07) is 9.99. The molecular formula is C18H16BrClFN3. The van der Waals surface area contributed by atoms with E-state index in [2.05, 4.69) is 34.8 Å². The molecule has 0 spiro atoms. The topological polar surface area (TPSA) is 30.7 Å². The van der Waals surface area contributed by atoms with Gasteiger partial charge in [0.25, 0.3) is 0 Å². The van der Waals surface area contributed by atoms with Gasteiger partial charge in [-0.25, -0.2) is 14.1 Å². The number of halogens is 3. The van der Waals surface area contributed by atoms with Gasteiger partial charge in [-0.15, -0.1) is 0 Å². The molecule has 0 aliphatic heterocycles. The number of benzene rings is 1. The lowest BCUT2D eigenvalue weighted by Crippen LogP contribution is -2.01. The van der Waals surface area contributed by atoms with Gasteiger partial charge in [-0.2, -0.15) is 5.10 Å². The smallest absolute Gasteiger partial charge is 0.131 e. The largest absolute Gasteiger partial charge is 0.244 e. The third-order valence-corrected chi connectivity index (χ3v) is 4.99. The van der Waals surface area contributed by atoms with Crippen LogP contribution in [0.4, 0.5) is 4.39 Å². The van der Waals surface area contributed by atoms with Gasteiger partial charge in [0.2, 0.25) is 0 Å². The molecule has 0 aliphatic carbocycles. The molecule has 3 rings (SSSR count). The minimum absolute atomic E-state index is 0.268. The Labute approximate surface area is 153 Å². The summed E-state index contributed by atoms with van der Waals surface area (Å²) in [6.45, 7) is 4.25. The lowest BCUT2D eigenvalue weighted by Gasteiger charge is -2.08. The Hall–Kier alpha value is -1.72. The molecule has 0 aliphatic rings. The van der Waals surface area contributed by atoms with Gasteiger partial charge >= 0.3 is 0 Å². The van der Waals surface area contributed by atoms with Crippen LogP contribution in [0.15, 0.2) is 47.1 Å². The molecule has 0 radical (unpaired) electrons. The van der Waals surface area contributed by atoms with E-state index in [1.165, 1.54) is 12.1 Å². The highest BCUT2D eigenvalue weighted by atomic mass is 79.9. The Morgan fingerprint density at radius 1 is 1.25 bits per heavy atom. The van der Waals surface area contributed by atoms with E-state index >= 15 is 0 Å². The van der Waals surface area contributed by atoms with Crippen LogP contribution in [0, 0.1) is 5.82 Å². The first-order valence-corrected chi connectivity index (χ1v) is 8.84. The van der Waals surface area contributed by atoms with E-state index in [0.29, 0.717) is 5.15 Å². The molecule has 1 atom stereocenters. The normalized spacial score (nSPS) is 12.4. The highest BCUT2D eigenvalue weighted by molar-refractivity contribution is 9.10. The molecule has 2 heterocycles. The summed E-state index contributed by atoms with van der Waals surface area (Å²) in [5.74, 6) is 0.0205. The van der Waals surface area contributed by atoms with Gasteiger partial charge in [0.15, 0.2) is 0 Å². The molecule has 2 aromatic heterocycles. The molecule has 3 nitrogen and oxygen atoms in total. The summed E-state index contributed by atoms with van der Waals surface area (Å²) >= 11 is 9.73. The average Bonchev–Trinajstić information content (AvgIpc) is 2.92. The van der Waals surface area contributed by atoms with E-state index in [1.807, 2.05) is 10.7 Å². The van der Waals surface area contributed by atoms with Crippen LogP contribution >= 0.6 is 27.5 Å². The van der Waals surface area contributed by atoms with Gasteiger partial charge < -0.3 is 0 Å². The third-order valence-electron chi connectivity index (χ3n) is 4.00. The molecule has 3 aromatic rings. The predicted octanol–water partition coefficient (Wildman–Crippen LogP) is 6.00. The zero-order valence-electron chi connectivity index (χ0n) is 13.3. The Morgan fingerprint density at radius 2 is 1.96 bits per heavy atom. The molecule has 0 saturated carbocycles. The van der Waals surface area contributed by atoms with E-state index in [1.54, 1.807) is 24.4 Å². The molecule has 1 aromatic carbocycles. The van der Waals surface area contributed by atoms with Crippen LogP contribution in [-0.2, 0) is 0 Å². The fourth-order valence-electron chi connectivity index (χ4n) is 2.49. The number of pyridine rings is 1. The average molecular weight is 409 g/mol. The van der Waals surface area contributed by atoms with Crippen molar-refractivity contribution in [2.75, 3.05) is 0 Å². The van der Waals surface area contributed by atoms with Crippen molar-refractivity contribution in [2.24, 2.45) is 0 Å². The molecule has 0 bridgehead atoms. The summed E-state index contributed by atoms with van der Waals surface area (Å²) in [5.41, 5.74) is 3.51. The number of rotatable bonds is 4. The summed E-state index contributed by atoms with van der Waals surface area (Å²) in [7, 11) is 0. The van der Waals surface area contributed by atoms with Crippen LogP contribution in [-0.4, -0.2) is 14.8 Å². The molecule has 6 heteroatoms. The molecule has 0 fully saturated rings. The number of nitrogens with zero attached hydrogens (tertiary/aromatic N) is 3. The fraction of sp³-hybridized carbons (Fsp3) is 0.222. The van der Waals surface area contributed by atoms with Gasteiger partial charge in [-0.05, 0) is 52.7 Å². The van der Waals surface area contributed by atoms with Gasteiger partial charge in [-0.3, -0.25) is 0 Å². The van der Waals surface area contributed by atoms with Crippen molar-refractivity contribution in [1.82, 2.24) is 14.8 Å². The van der Waals surface area contributed by atoms with Crippen LogP contribution in [0.25, 0.3) is 16.9 Å². The molecule has 0 saturated heterocycles. The second-order valence-corrected chi connectivity index (χ2v) is 6.79. The number of hydrogen-bond acceptors (Lipinski definition) is 2. The van der Waals surface area contributed by atoms with Gasteiger partial charge in [0, 0.05) is 23.7 Å². The summed E-state index contributed by atoms with van der Waals surface area (Å²) < 4.78 is 16.0. The summed E-state index contributed by atoms with van der Waals surface area (Å²) in [5, 5.41) is 5.18. The molecular weight excluding hydrogens is 393 g/mol. The Kier molecular flexibility index (Phi) is 5.01. The first kappa shape index (κ1) is 17.1. The molecule has 0 amide bonds. The van der Waals surface area contributed by atoms with Crippen molar-refractivity contribution in [3.05, 3.63) is 63.7 Å². The highest BCUT2D eigenvalue weighted by Crippen LogP contribution is 2.37. The van der Waals surface area contributed by atoms with Crippen LogP contribution in [0.3, 0.4) is 0 Å². The summed E-state index contributed by atoms with van der Waals surface area (Å²) in [6.07, 6.45) is 2.61. The SMILES string of the molecule is CCC(C)c1nn(-c2ccnc(Cl)c2)c(-c2ccc(F)cc2)c1Br. The van der Waals surface area contributed by atoms with E-state index in [-0.39, 0.29) is 11.7 Å². The van der Waals surface area contributed by atoms with Gasteiger partial charge in [0.1, 0.15) is 11.0 Å². The van der Waals surface area contributed by atoms with E-state index in [0.717, 1.165) is 33.5 Å². The molecule has 24 heavy (non-hydrogen) atoms. The molecule has 124 valence electrons. The lowest BCUT2D eigenvalue weighted by atomic mass is 10.0. The first-order chi connectivity index (χ1) is 11.5. The minimum atomic E-state index is -0.268. The zero-order chi connectivity index (χ0) is 17.3. The minimum Gasteiger partial charge on any atom is -0.244 e. The molecule has 1 unspecified atom stereocenters. The first-order valence-electron chi connectivity index (χ1n) is 7.67. The van der Waals surface area contributed by atoms with Crippen molar-refractivity contribution in [3.63, 3.8) is 0 Å². The van der Waals surface area contributed by atoms with Gasteiger partial charge in [0.05, 0.1) is 21.5 Å². The maximum Gasteiger partial charge on any atom is 0.131 e. The Balaban J connectivity index is 2.25. The maximum absolute atomic E-state index is 13.3. The Morgan fingerprint density at radius 3 is 2.58 bits per heavy atom. The quantitative estimate of drug-likeness (QED) is 0.495. The van der Waals surface area contributed by atoms with Crippen molar-refractivity contribution < 1.29 is 4.39 Å². The zero-order valence-corrected chi connectivity index (χ0v) is 15.6. The van der Waals surface area contributed by atoms with E-state index < -0.39 is 0 Å². The maximum atomic E-state index is 13.3. The fourth-order valence-corrected chi connectivity index (χ4v) is 3.53. The van der Waals surface area contributed by atoms with Crippen molar-refractivity contribution in [2.45, 2.75) is 26.2 Å². The number of hydrogen-bond donors (Lipinski definition) is 0. The summed E-state index contributed by atoms with van der Waals surface area (Å²) in [4.78, 5) is 4.02. The standard InChI is InChI=1S/C18H16BrClFN3/c1-3-11(2)17-16(19)18(12-4-6-13(21)7-5-12)24(23-17)14-8-9-22-15(20)10-14/h4-11H,3H2,1-2H3. The second-order valence-electron chi connectivity index (χ2n) is 5.61. The third kappa shape index (κ3) is 3.23. The predicted molar refractivity (Wildman–Crippen MR) is 98.2 cm³/mol. The van der Waals surface area contributed by atoms with Crippen molar-refractivity contribution >= 4 is 27.5 Å². The van der Waals surface area contributed by atoms with Crippen LogP contribution in [0.5, 0.6) is 0 Å². The number of aromatic nitrogens is 3. The van der Waals surface area contributed by atoms with E-state index in [4.69, 9.17) is 16.7 Å². The van der Waals surface area contributed by atoms with Crippen LogP contribution < -0.4 is 0 Å². The highest BCUT2D eigenvalue weighted by Gasteiger charge is 2.21. The van der Waals surface area contributed by atoms with Crippen LogP contribution in [0.2, 0.25) is 5.15 Å². The van der Waals surface area contributed by atoms with Gasteiger partial charge in [-0.1, -0.05) is 25.4 Å². The van der Waals surface area contributed by atoms with E-state index in [9.17, 15) is 4.39 Å².